The smallest absolute Gasteiger partial charge is 0.0547 e. The molecule has 0 N–H and O–H groups in total. The molecule has 8 aromatic carbocycles. The summed E-state index contributed by atoms with van der Waals surface area (Å²) in [5.74, 6) is 0. The quantitative estimate of drug-likeness (QED) is 0.180. The molecule has 1 aliphatic rings. The first kappa shape index (κ1) is 29.5. The predicted octanol–water partition coefficient (Wildman–Crippen LogP) is 13.4. The van der Waals surface area contributed by atoms with Crippen molar-refractivity contribution in [3.05, 3.63) is 193 Å². The van der Waals surface area contributed by atoms with Crippen LogP contribution in [0.5, 0.6) is 0 Å². The molecule has 2 heteroatoms. The molecule has 10 rings (SSSR count). The first-order valence-corrected chi connectivity index (χ1v) is 17.8. The maximum atomic E-state index is 2.42. The summed E-state index contributed by atoms with van der Waals surface area (Å²) in [6.07, 6.45) is 0. The molecule has 1 aromatic heterocycles. The Kier molecular flexibility index (Phi) is 6.56. The van der Waals surface area contributed by atoms with Crippen LogP contribution < -0.4 is 4.90 Å². The molecular weight excluding hydrogens is 617 g/mol. The SMILES string of the molecule is CC1(C)c2ccccc2-c2cc(N(c3cccc(-c4ccc5c6ccccc6n(-c6ccccc6)c5c4)c3)c3ccc4ccccc4c3)ccc21. The van der Waals surface area contributed by atoms with Gasteiger partial charge < -0.3 is 9.47 Å². The molecule has 0 amide bonds. The first-order valence-electron chi connectivity index (χ1n) is 17.8. The van der Waals surface area contributed by atoms with Gasteiger partial charge in [0.25, 0.3) is 0 Å². The van der Waals surface area contributed by atoms with Crippen LogP contribution in [0.25, 0.3) is 60.5 Å². The fourth-order valence-electron chi connectivity index (χ4n) is 8.44. The van der Waals surface area contributed by atoms with Crippen LogP contribution in [-0.4, -0.2) is 4.57 Å². The van der Waals surface area contributed by atoms with Gasteiger partial charge in [-0.25, -0.2) is 0 Å². The van der Waals surface area contributed by atoms with Crippen molar-refractivity contribution in [2.75, 3.05) is 4.90 Å². The van der Waals surface area contributed by atoms with Crippen molar-refractivity contribution < 1.29 is 0 Å². The summed E-state index contributed by atoms with van der Waals surface area (Å²) >= 11 is 0. The summed E-state index contributed by atoms with van der Waals surface area (Å²) in [6, 6.07) is 66.7. The first-order chi connectivity index (χ1) is 25.0. The van der Waals surface area contributed by atoms with Crippen molar-refractivity contribution in [3.8, 4) is 27.9 Å². The maximum Gasteiger partial charge on any atom is 0.0547 e. The number of hydrogen-bond donors (Lipinski definition) is 0. The average Bonchev–Trinajstić information content (AvgIpc) is 3.63. The zero-order chi connectivity index (χ0) is 34.1. The van der Waals surface area contributed by atoms with Gasteiger partial charge in [0.1, 0.15) is 0 Å². The fourth-order valence-corrected chi connectivity index (χ4v) is 8.44. The molecule has 9 aromatic rings. The highest BCUT2D eigenvalue weighted by atomic mass is 15.1. The normalized spacial score (nSPS) is 13.1. The van der Waals surface area contributed by atoms with Crippen molar-refractivity contribution in [2.24, 2.45) is 0 Å². The molecule has 2 nitrogen and oxygen atoms in total. The number of para-hydroxylation sites is 2. The molecule has 242 valence electrons. The minimum atomic E-state index is -0.0426. The van der Waals surface area contributed by atoms with E-state index in [2.05, 4.69) is 205 Å². The largest absolute Gasteiger partial charge is 0.310 e. The van der Waals surface area contributed by atoms with Gasteiger partial charge in [-0.1, -0.05) is 135 Å². The molecular formula is C49H36N2. The highest BCUT2D eigenvalue weighted by molar-refractivity contribution is 6.10. The minimum Gasteiger partial charge on any atom is -0.310 e. The third-order valence-electron chi connectivity index (χ3n) is 10.9. The molecule has 0 atom stereocenters. The number of anilines is 3. The number of aromatic nitrogens is 1. The summed E-state index contributed by atoms with van der Waals surface area (Å²) in [5, 5.41) is 4.98. The van der Waals surface area contributed by atoms with Crippen LogP contribution in [-0.2, 0) is 5.41 Å². The van der Waals surface area contributed by atoms with E-state index in [4.69, 9.17) is 0 Å². The highest BCUT2D eigenvalue weighted by Gasteiger charge is 2.35. The van der Waals surface area contributed by atoms with E-state index in [0.717, 1.165) is 17.1 Å². The van der Waals surface area contributed by atoms with E-state index in [9.17, 15) is 0 Å². The summed E-state index contributed by atoms with van der Waals surface area (Å²) in [6.45, 7) is 4.69. The van der Waals surface area contributed by atoms with Crippen LogP contribution in [0.3, 0.4) is 0 Å². The lowest BCUT2D eigenvalue weighted by Gasteiger charge is -2.28. The molecule has 0 fully saturated rings. The Morgan fingerprint density at radius 2 is 1.08 bits per heavy atom. The second-order valence-corrected chi connectivity index (χ2v) is 14.2. The lowest BCUT2D eigenvalue weighted by molar-refractivity contribution is 0.660. The molecule has 0 aliphatic heterocycles. The Hall–Kier alpha value is -6.38. The van der Waals surface area contributed by atoms with E-state index in [-0.39, 0.29) is 5.41 Å². The Morgan fingerprint density at radius 3 is 1.98 bits per heavy atom. The van der Waals surface area contributed by atoms with Gasteiger partial charge in [0.15, 0.2) is 0 Å². The Balaban J connectivity index is 1.16. The van der Waals surface area contributed by atoms with Crippen LogP contribution in [0.1, 0.15) is 25.0 Å². The molecule has 0 saturated heterocycles. The van der Waals surface area contributed by atoms with Gasteiger partial charge in [0.05, 0.1) is 11.0 Å². The third-order valence-corrected chi connectivity index (χ3v) is 10.9. The predicted molar refractivity (Wildman–Crippen MR) is 216 cm³/mol. The zero-order valence-corrected chi connectivity index (χ0v) is 28.7. The van der Waals surface area contributed by atoms with E-state index in [1.165, 1.54) is 71.6 Å². The maximum absolute atomic E-state index is 2.42. The van der Waals surface area contributed by atoms with Crippen LogP contribution in [0, 0.1) is 0 Å². The molecule has 0 spiro atoms. The van der Waals surface area contributed by atoms with Crippen molar-refractivity contribution in [3.63, 3.8) is 0 Å². The van der Waals surface area contributed by atoms with E-state index in [0.29, 0.717) is 0 Å². The average molecular weight is 653 g/mol. The fraction of sp³-hybridized carbons (Fsp3) is 0.0612. The second-order valence-electron chi connectivity index (χ2n) is 14.2. The van der Waals surface area contributed by atoms with Crippen LogP contribution in [0.2, 0.25) is 0 Å². The molecule has 0 unspecified atom stereocenters. The summed E-state index contributed by atoms with van der Waals surface area (Å²) < 4.78 is 2.39. The molecule has 1 aliphatic carbocycles. The highest BCUT2D eigenvalue weighted by Crippen LogP contribution is 2.51. The van der Waals surface area contributed by atoms with Gasteiger partial charge in [-0.05, 0) is 105 Å². The Labute approximate surface area is 298 Å². The molecule has 0 bridgehead atoms. The molecule has 1 heterocycles. The molecule has 0 radical (unpaired) electrons. The Bertz CT molecular complexity index is 2790. The van der Waals surface area contributed by atoms with Gasteiger partial charge in [-0.15, -0.1) is 0 Å². The number of nitrogens with zero attached hydrogens (tertiary/aromatic N) is 2. The van der Waals surface area contributed by atoms with E-state index in [1.807, 2.05) is 0 Å². The topological polar surface area (TPSA) is 8.17 Å². The van der Waals surface area contributed by atoms with Gasteiger partial charge in [0, 0.05) is 38.9 Å². The minimum absolute atomic E-state index is 0.0426. The zero-order valence-electron chi connectivity index (χ0n) is 28.7. The van der Waals surface area contributed by atoms with E-state index < -0.39 is 0 Å². The van der Waals surface area contributed by atoms with Crippen LogP contribution in [0.15, 0.2) is 182 Å². The van der Waals surface area contributed by atoms with Crippen molar-refractivity contribution in [1.82, 2.24) is 4.57 Å². The number of benzene rings is 8. The standard InChI is InChI=1S/C49H36N2/c1-49(2)45-21-10-8-19-41(45)44-32-40(26-28-46(44)49)50(39-25-23-33-13-6-7-14-34(33)29-39)38-18-12-15-35(30-38)36-24-27-43-42-20-9-11-22-47(42)51(48(43)31-36)37-16-4-3-5-17-37/h3-32H,1-2H3. The number of fused-ring (bicyclic) bond motifs is 7. The van der Waals surface area contributed by atoms with Crippen molar-refractivity contribution in [2.45, 2.75) is 19.3 Å². The van der Waals surface area contributed by atoms with Crippen molar-refractivity contribution in [1.29, 1.82) is 0 Å². The van der Waals surface area contributed by atoms with Gasteiger partial charge >= 0.3 is 0 Å². The van der Waals surface area contributed by atoms with E-state index in [1.54, 1.807) is 0 Å². The number of hydrogen-bond acceptors (Lipinski definition) is 1. The number of rotatable bonds is 5. The molecule has 0 saturated carbocycles. The lowest BCUT2D eigenvalue weighted by atomic mass is 9.82. The summed E-state index contributed by atoms with van der Waals surface area (Å²) in [5.41, 5.74) is 14.7. The van der Waals surface area contributed by atoms with Gasteiger partial charge in [-0.2, -0.15) is 0 Å². The second kappa shape index (κ2) is 11.3. The monoisotopic (exact) mass is 652 g/mol. The third kappa shape index (κ3) is 4.64. The van der Waals surface area contributed by atoms with Gasteiger partial charge in [-0.3, -0.25) is 0 Å². The molecule has 51 heavy (non-hydrogen) atoms. The lowest BCUT2D eigenvalue weighted by Crippen LogP contribution is -2.15. The Morgan fingerprint density at radius 1 is 0.412 bits per heavy atom. The van der Waals surface area contributed by atoms with E-state index >= 15 is 0 Å². The van der Waals surface area contributed by atoms with Crippen LogP contribution >= 0.6 is 0 Å². The van der Waals surface area contributed by atoms with Crippen molar-refractivity contribution >= 4 is 49.6 Å². The van der Waals surface area contributed by atoms with Crippen LogP contribution in [0.4, 0.5) is 17.1 Å². The summed E-state index contributed by atoms with van der Waals surface area (Å²) in [7, 11) is 0. The summed E-state index contributed by atoms with van der Waals surface area (Å²) in [4.78, 5) is 2.42. The van der Waals surface area contributed by atoms with Gasteiger partial charge in [0.2, 0.25) is 0 Å².